The Morgan fingerprint density at radius 1 is 0.971 bits per heavy atom. The van der Waals surface area contributed by atoms with E-state index < -0.39 is 10.0 Å². The van der Waals surface area contributed by atoms with E-state index in [2.05, 4.69) is 15.5 Å². The summed E-state index contributed by atoms with van der Waals surface area (Å²) >= 11 is 5.34. The minimum atomic E-state index is -3.16. The number of methoxy groups -OCH3 is 1. The highest BCUT2D eigenvalue weighted by atomic mass is 32.2. The third kappa shape index (κ3) is 5.46. The monoisotopic (exact) mass is 498 g/mol. The molecule has 0 radical (unpaired) electrons. The fourth-order valence-electron chi connectivity index (χ4n) is 3.93. The van der Waals surface area contributed by atoms with Gasteiger partial charge < -0.3 is 15.0 Å². The van der Waals surface area contributed by atoms with Crippen molar-refractivity contribution in [1.29, 1.82) is 0 Å². The first-order valence-corrected chi connectivity index (χ1v) is 13.0. The van der Waals surface area contributed by atoms with Gasteiger partial charge in [0.05, 0.1) is 18.9 Å². The average molecular weight is 499 g/mol. The number of benzene rings is 3. The molecular formula is C24H26N4O4S2. The molecule has 10 heteroatoms. The number of hydrogen-bond donors (Lipinski definition) is 2. The summed E-state index contributed by atoms with van der Waals surface area (Å²) in [6, 6.07) is 19.0. The lowest BCUT2D eigenvalue weighted by atomic mass is 10.1. The first kappa shape index (κ1) is 23.9. The Balaban J connectivity index is 1.37. The number of piperazine rings is 1. The van der Waals surface area contributed by atoms with Crippen molar-refractivity contribution in [1.82, 2.24) is 9.62 Å². The lowest BCUT2D eigenvalue weighted by Gasteiger charge is -2.34. The number of fused-ring (bicyclic) bond motifs is 1. The highest BCUT2D eigenvalue weighted by Gasteiger charge is 2.23. The number of rotatable bonds is 5. The minimum absolute atomic E-state index is 0.176. The molecule has 1 amide bonds. The average Bonchev–Trinajstić information content (AvgIpc) is 2.83. The second kappa shape index (κ2) is 9.96. The molecule has 0 atom stereocenters. The van der Waals surface area contributed by atoms with Crippen LogP contribution in [-0.2, 0) is 10.0 Å². The quantitative estimate of drug-likeness (QED) is 0.523. The fraction of sp³-hybridized carbons (Fsp3) is 0.250. The van der Waals surface area contributed by atoms with Crippen molar-refractivity contribution in [3.05, 3.63) is 66.2 Å². The molecule has 3 aromatic rings. The number of sulfonamides is 1. The predicted molar refractivity (Wildman–Crippen MR) is 139 cm³/mol. The predicted octanol–water partition coefficient (Wildman–Crippen LogP) is 3.06. The first-order valence-electron chi connectivity index (χ1n) is 10.7. The molecule has 1 aliphatic rings. The van der Waals surface area contributed by atoms with Gasteiger partial charge in [-0.2, -0.15) is 4.31 Å². The maximum Gasteiger partial charge on any atom is 0.261 e. The summed E-state index contributed by atoms with van der Waals surface area (Å²) in [4.78, 5) is 15.0. The van der Waals surface area contributed by atoms with Crippen LogP contribution in [0.1, 0.15) is 10.4 Å². The molecule has 0 saturated carbocycles. The maximum absolute atomic E-state index is 12.9. The highest BCUT2D eigenvalue weighted by Crippen LogP contribution is 2.26. The van der Waals surface area contributed by atoms with Gasteiger partial charge in [0.1, 0.15) is 5.75 Å². The number of carbonyl (C=O) groups excluding carboxylic acids is 1. The van der Waals surface area contributed by atoms with E-state index in [1.165, 1.54) is 17.7 Å². The van der Waals surface area contributed by atoms with E-state index in [1.807, 2.05) is 54.6 Å². The van der Waals surface area contributed by atoms with Gasteiger partial charge in [-0.15, -0.1) is 0 Å². The van der Waals surface area contributed by atoms with Crippen LogP contribution in [0, 0.1) is 0 Å². The van der Waals surface area contributed by atoms with E-state index in [0.29, 0.717) is 37.5 Å². The zero-order chi connectivity index (χ0) is 24.3. The van der Waals surface area contributed by atoms with Gasteiger partial charge in [0.25, 0.3) is 5.91 Å². The molecule has 2 N–H and O–H groups in total. The molecule has 1 aliphatic heterocycles. The lowest BCUT2D eigenvalue weighted by Crippen LogP contribution is -2.48. The molecule has 1 fully saturated rings. The van der Waals surface area contributed by atoms with Gasteiger partial charge >= 0.3 is 0 Å². The summed E-state index contributed by atoms with van der Waals surface area (Å²) in [6.07, 6.45) is 1.24. The number of nitrogens with one attached hydrogen (secondary N) is 2. The van der Waals surface area contributed by atoms with Crippen molar-refractivity contribution in [2.45, 2.75) is 0 Å². The first-order chi connectivity index (χ1) is 16.2. The van der Waals surface area contributed by atoms with Gasteiger partial charge in [-0.05, 0) is 59.4 Å². The topological polar surface area (TPSA) is 91.0 Å². The van der Waals surface area contributed by atoms with Crippen molar-refractivity contribution >= 4 is 55.4 Å². The number of carbonyl (C=O) groups is 1. The normalized spacial score (nSPS) is 14.6. The zero-order valence-electron chi connectivity index (χ0n) is 18.9. The lowest BCUT2D eigenvalue weighted by molar-refractivity contribution is 0.0975. The molecule has 8 nitrogen and oxygen atoms in total. The van der Waals surface area contributed by atoms with Crippen LogP contribution in [0.2, 0.25) is 0 Å². The van der Waals surface area contributed by atoms with E-state index in [1.54, 1.807) is 6.07 Å². The van der Waals surface area contributed by atoms with Gasteiger partial charge in [-0.3, -0.25) is 10.1 Å². The Labute approximate surface area is 204 Å². The van der Waals surface area contributed by atoms with Crippen LogP contribution in [0.15, 0.2) is 60.7 Å². The summed E-state index contributed by atoms with van der Waals surface area (Å²) in [5.41, 5.74) is 2.12. The third-order valence-corrected chi connectivity index (χ3v) is 7.24. The van der Waals surface area contributed by atoms with E-state index >= 15 is 0 Å². The van der Waals surface area contributed by atoms with Crippen LogP contribution < -0.4 is 20.3 Å². The summed E-state index contributed by atoms with van der Waals surface area (Å²) in [7, 11) is -1.63. The molecule has 0 spiro atoms. The van der Waals surface area contributed by atoms with Gasteiger partial charge in [0.2, 0.25) is 10.0 Å². The number of anilines is 2. The molecule has 1 heterocycles. The van der Waals surface area contributed by atoms with Crippen LogP contribution >= 0.6 is 12.2 Å². The second-order valence-electron chi connectivity index (χ2n) is 8.00. The van der Waals surface area contributed by atoms with Crippen molar-refractivity contribution < 1.29 is 17.9 Å². The molecule has 0 bridgehead atoms. The van der Waals surface area contributed by atoms with Crippen molar-refractivity contribution in [3.63, 3.8) is 0 Å². The SMILES string of the molecule is COc1cc2ccccc2cc1C(=O)NC(=S)Nc1ccc(N2CCN(S(C)(=O)=O)CC2)cc1. The van der Waals surface area contributed by atoms with Crippen LogP contribution in [0.3, 0.4) is 0 Å². The van der Waals surface area contributed by atoms with Crippen molar-refractivity contribution in [3.8, 4) is 5.75 Å². The Bertz CT molecular complexity index is 1320. The summed E-state index contributed by atoms with van der Waals surface area (Å²) in [5.74, 6) is 0.111. The van der Waals surface area contributed by atoms with E-state index in [0.717, 1.165) is 22.1 Å². The van der Waals surface area contributed by atoms with Gasteiger partial charge in [0, 0.05) is 37.6 Å². The maximum atomic E-state index is 12.9. The molecule has 0 unspecified atom stereocenters. The summed E-state index contributed by atoms with van der Waals surface area (Å²) in [6.45, 7) is 2.18. The zero-order valence-corrected chi connectivity index (χ0v) is 20.6. The highest BCUT2D eigenvalue weighted by molar-refractivity contribution is 7.88. The van der Waals surface area contributed by atoms with Crippen LogP contribution in [0.25, 0.3) is 10.8 Å². The number of hydrogen-bond acceptors (Lipinski definition) is 6. The van der Waals surface area contributed by atoms with Gasteiger partial charge in [-0.1, -0.05) is 24.3 Å². The van der Waals surface area contributed by atoms with E-state index in [9.17, 15) is 13.2 Å². The van der Waals surface area contributed by atoms with Crippen LogP contribution in [0.4, 0.5) is 11.4 Å². The smallest absolute Gasteiger partial charge is 0.261 e. The Morgan fingerprint density at radius 3 is 2.18 bits per heavy atom. The number of amides is 1. The second-order valence-corrected chi connectivity index (χ2v) is 10.4. The Morgan fingerprint density at radius 2 is 1.59 bits per heavy atom. The molecule has 0 aliphatic carbocycles. The Hall–Kier alpha value is -3.21. The fourth-order valence-corrected chi connectivity index (χ4v) is 4.97. The van der Waals surface area contributed by atoms with Crippen LogP contribution in [-0.4, -0.2) is 63.3 Å². The molecule has 34 heavy (non-hydrogen) atoms. The number of nitrogens with zero attached hydrogens (tertiary/aromatic N) is 2. The van der Waals surface area contributed by atoms with Crippen LogP contribution in [0.5, 0.6) is 5.75 Å². The van der Waals surface area contributed by atoms with Gasteiger partial charge in [0.15, 0.2) is 5.11 Å². The summed E-state index contributed by atoms with van der Waals surface area (Å²) < 4.78 is 30.3. The van der Waals surface area contributed by atoms with E-state index in [-0.39, 0.29) is 11.0 Å². The molecular weight excluding hydrogens is 472 g/mol. The standard InChI is InChI=1S/C24H26N4O4S2/c1-32-22-16-18-6-4-3-5-17(18)15-21(22)23(29)26-24(33)25-19-7-9-20(10-8-19)27-11-13-28(14-12-27)34(2,30)31/h3-10,15-16H,11-14H2,1-2H3,(H2,25,26,29,33). The number of ether oxygens (including phenoxy) is 1. The molecule has 1 saturated heterocycles. The summed E-state index contributed by atoms with van der Waals surface area (Å²) in [5, 5.41) is 7.82. The molecule has 178 valence electrons. The Kier molecular flexibility index (Phi) is 7.01. The number of thiocarbonyl (C=S) groups is 1. The molecule has 3 aromatic carbocycles. The minimum Gasteiger partial charge on any atom is -0.496 e. The largest absolute Gasteiger partial charge is 0.496 e. The molecule has 0 aromatic heterocycles. The van der Waals surface area contributed by atoms with Crippen molar-refractivity contribution in [2.75, 3.05) is 49.8 Å². The third-order valence-electron chi connectivity index (χ3n) is 5.74. The molecule has 4 rings (SSSR count). The van der Waals surface area contributed by atoms with E-state index in [4.69, 9.17) is 17.0 Å². The van der Waals surface area contributed by atoms with Gasteiger partial charge in [-0.25, -0.2) is 8.42 Å². The van der Waals surface area contributed by atoms with Crippen molar-refractivity contribution in [2.24, 2.45) is 0 Å².